The molecule has 1 heterocycles. The maximum Gasteiger partial charge on any atom is 0.341 e. The van der Waals surface area contributed by atoms with Crippen LogP contribution in [-0.4, -0.2) is 18.1 Å². The molecule has 4 heteroatoms. The first-order chi connectivity index (χ1) is 10.7. The molecule has 0 spiro atoms. The molecule has 0 unspecified atom stereocenters. The van der Waals surface area contributed by atoms with Gasteiger partial charge in [-0.3, -0.25) is 0 Å². The Hall–Kier alpha value is -1.74. The highest BCUT2D eigenvalue weighted by Gasteiger charge is 2.17. The number of H-pyrrole nitrogens is 1. The van der Waals surface area contributed by atoms with Gasteiger partial charge in [-0.15, -0.1) is 0 Å². The van der Waals surface area contributed by atoms with Gasteiger partial charge >= 0.3 is 5.97 Å². The second kappa shape index (κ2) is 6.57. The van der Waals surface area contributed by atoms with Crippen molar-refractivity contribution in [2.45, 2.75) is 38.0 Å². The summed E-state index contributed by atoms with van der Waals surface area (Å²) in [6.45, 7) is 0. The van der Waals surface area contributed by atoms with Gasteiger partial charge in [-0.1, -0.05) is 55.1 Å². The zero-order chi connectivity index (χ0) is 15.5. The standard InChI is InChI=1S/C18H20ClNO2/c1-22-18(21)15-11-16(20-17(15)19)14-9-7-13(8-10-14)12-5-3-2-4-6-12/h7-12,20H,2-6H2,1H3. The van der Waals surface area contributed by atoms with E-state index in [4.69, 9.17) is 16.3 Å². The number of nitrogens with one attached hydrogen (secondary N) is 1. The van der Waals surface area contributed by atoms with Crippen molar-refractivity contribution < 1.29 is 9.53 Å². The van der Waals surface area contributed by atoms with Crippen LogP contribution < -0.4 is 0 Å². The van der Waals surface area contributed by atoms with Crippen LogP contribution in [0.3, 0.4) is 0 Å². The van der Waals surface area contributed by atoms with Gasteiger partial charge in [-0.2, -0.15) is 0 Å². The van der Waals surface area contributed by atoms with Crippen molar-refractivity contribution in [3.8, 4) is 11.3 Å². The van der Waals surface area contributed by atoms with Gasteiger partial charge in [0, 0.05) is 5.69 Å². The summed E-state index contributed by atoms with van der Waals surface area (Å²) in [5.74, 6) is 0.270. The van der Waals surface area contributed by atoms with Gasteiger partial charge in [0.25, 0.3) is 0 Å². The zero-order valence-electron chi connectivity index (χ0n) is 12.7. The fourth-order valence-electron chi connectivity index (χ4n) is 3.21. The Bertz CT molecular complexity index is 654. The minimum absolute atomic E-state index is 0.318. The van der Waals surface area contributed by atoms with Crippen LogP contribution in [0.5, 0.6) is 0 Å². The molecule has 1 saturated carbocycles. The molecule has 0 atom stereocenters. The fraction of sp³-hybridized carbons (Fsp3) is 0.389. The molecule has 1 aromatic heterocycles. The van der Waals surface area contributed by atoms with Gasteiger partial charge in [0.1, 0.15) is 5.15 Å². The first kappa shape index (κ1) is 15.2. The van der Waals surface area contributed by atoms with Crippen LogP contribution in [0.4, 0.5) is 0 Å². The number of ether oxygens (including phenoxy) is 1. The Morgan fingerprint density at radius 1 is 1.18 bits per heavy atom. The van der Waals surface area contributed by atoms with E-state index in [1.54, 1.807) is 6.07 Å². The van der Waals surface area contributed by atoms with Crippen molar-refractivity contribution in [2.75, 3.05) is 7.11 Å². The zero-order valence-corrected chi connectivity index (χ0v) is 13.5. The van der Waals surface area contributed by atoms with E-state index in [0.29, 0.717) is 16.6 Å². The van der Waals surface area contributed by atoms with E-state index < -0.39 is 5.97 Å². The molecule has 2 aromatic rings. The minimum atomic E-state index is -0.425. The molecule has 3 nitrogen and oxygen atoms in total. The second-order valence-corrected chi connectivity index (χ2v) is 6.24. The third-order valence-electron chi connectivity index (χ3n) is 4.47. The van der Waals surface area contributed by atoms with Crippen molar-refractivity contribution in [3.05, 3.63) is 46.6 Å². The molecule has 1 N–H and O–H groups in total. The number of hydrogen-bond donors (Lipinski definition) is 1. The van der Waals surface area contributed by atoms with E-state index >= 15 is 0 Å². The molecule has 116 valence electrons. The van der Waals surface area contributed by atoms with Gasteiger partial charge in [0.15, 0.2) is 0 Å². The second-order valence-electron chi connectivity index (χ2n) is 5.86. The minimum Gasteiger partial charge on any atom is -0.465 e. The van der Waals surface area contributed by atoms with Crippen molar-refractivity contribution in [1.82, 2.24) is 4.98 Å². The average molecular weight is 318 g/mol. The number of aromatic nitrogens is 1. The van der Waals surface area contributed by atoms with E-state index in [9.17, 15) is 4.79 Å². The molecular weight excluding hydrogens is 298 g/mol. The Morgan fingerprint density at radius 3 is 2.50 bits per heavy atom. The Balaban J connectivity index is 1.82. The highest BCUT2D eigenvalue weighted by Crippen LogP contribution is 2.34. The SMILES string of the molecule is COC(=O)c1cc(-c2ccc(C3CCCCC3)cc2)[nH]c1Cl. The van der Waals surface area contributed by atoms with E-state index in [-0.39, 0.29) is 0 Å². The summed E-state index contributed by atoms with van der Waals surface area (Å²) >= 11 is 6.07. The van der Waals surface area contributed by atoms with Gasteiger partial charge in [-0.25, -0.2) is 4.79 Å². The molecular formula is C18H20ClNO2. The van der Waals surface area contributed by atoms with Crippen LogP contribution in [0, 0.1) is 0 Å². The maximum absolute atomic E-state index is 11.6. The van der Waals surface area contributed by atoms with E-state index in [1.165, 1.54) is 44.8 Å². The summed E-state index contributed by atoms with van der Waals surface area (Å²) < 4.78 is 4.72. The number of carbonyl (C=O) groups is 1. The molecule has 1 aliphatic carbocycles. The van der Waals surface area contributed by atoms with Crippen LogP contribution in [-0.2, 0) is 4.74 Å². The summed E-state index contributed by atoms with van der Waals surface area (Å²) in [6, 6.07) is 10.3. The Morgan fingerprint density at radius 2 is 1.86 bits per heavy atom. The monoisotopic (exact) mass is 317 g/mol. The lowest BCUT2D eigenvalue weighted by atomic mass is 9.84. The maximum atomic E-state index is 11.6. The quantitative estimate of drug-likeness (QED) is 0.793. The summed E-state index contributed by atoms with van der Waals surface area (Å²) in [7, 11) is 1.35. The highest BCUT2D eigenvalue weighted by molar-refractivity contribution is 6.32. The van der Waals surface area contributed by atoms with Gasteiger partial charge < -0.3 is 9.72 Å². The van der Waals surface area contributed by atoms with Gasteiger partial charge in [0.2, 0.25) is 0 Å². The number of esters is 1. The van der Waals surface area contributed by atoms with E-state index in [2.05, 4.69) is 29.2 Å². The van der Waals surface area contributed by atoms with Crippen molar-refractivity contribution in [2.24, 2.45) is 0 Å². The van der Waals surface area contributed by atoms with Crippen LogP contribution in [0.25, 0.3) is 11.3 Å². The molecule has 1 aliphatic rings. The van der Waals surface area contributed by atoms with Crippen molar-refractivity contribution in [3.63, 3.8) is 0 Å². The third-order valence-corrected chi connectivity index (χ3v) is 4.77. The van der Waals surface area contributed by atoms with Crippen LogP contribution >= 0.6 is 11.6 Å². The first-order valence-corrected chi connectivity index (χ1v) is 8.14. The van der Waals surface area contributed by atoms with E-state index in [0.717, 1.165) is 11.3 Å². The van der Waals surface area contributed by atoms with Crippen LogP contribution in [0.2, 0.25) is 5.15 Å². The van der Waals surface area contributed by atoms with Crippen LogP contribution in [0.1, 0.15) is 53.9 Å². The van der Waals surface area contributed by atoms with Crippen LogP contribution in [0.15, 0.2) is 30.3 Å². The molecule has 1 fully saturated rings. The predicted molar refractivity (Wildman–Crippen MR) is 88.4 cm³/mol. The van der Waals surface area contributed by atoms with Gasteiger partial charge in [0.05, 0.1) is 12.7 Å². The lowest BCUT2D eigenvalue weighted by Gasteiger charge is -2.22. The van der Waals surface area contributed by atoms with Gasteiger partial charge in [-0.05, 0) is 36.0 Å². The molecule has 0 radical (unpaired) electrons. The smallest absolute Gasteiger partial charge is 0.341 e. The van der Waals surface area contributed by atoms with E-state index in [1.807, 2.05) is 0 Å². The number of benzene rings is 1. The molecule has 3 rings (SSSR count). The number of halogens is 1. The normalized spacial score (nSPS) is 15.7. The lowest BCUT2D eigenvalue weighted by Crippen LogP contribution is -2.04. The predicted octanol–water partition coefficient (Wildman–Crippen LogP) is 5.17. The summed E-state index contributed by atoms with van der Waals surface area (Å²) in [5, 5.41) is 0.318. The summed E-state index contributed by atoms with van der Waals surface area (Å²) in [6.07, 6.45) is 6.62. The Kier molecular flexibility index (Phi) is 4.53. The molecule has 0 aliphatic heterocycles. The average Bonchev–Trinajstić information content (AvgIpc) is 2.97. The van der Waals surface area contributed by atoms with Crippen molar-refractivity contribution >= 4 is 17.6 Å². The fourth-order valence-corrected chi connectivity index (χ4v) is 3.45. The number of carbonyl (C=O) groups excluding carboxylic acids is 1. The number of hydrogen-bond acceptors (Lipinski definition) is 2. The molecule has 1 aromatic carbocycles. The number of aromatic amines is 1. The third kappa shape index (κ3) is 3.05. The largest absolute Gasteiger partial charge is 0.465 e. The molecule has 0 amide bonds. The summed E-state index contributed by atoms with van der Waals surface area (Å²) in [5.41, 5.74) is 3.64. The topological polar surface area (TPSA) is 42.1 Å². The van der Waals surface area contributed by atoms with Crippen molar-refractivity contribution in [1.29, 1.82) is 0 Å². The molecule has 22 heavy (non-hydrogen) atoms. The molecule has 0 saturated heterocycles. The first-order valence-electron chi connectivity index (χ1n) is 7.76. The lowest BCUT2D eigenvalue weighted by molar-refractivity contribution is 0.0601. The molecule has 0 bridgehead atoms. The summed E-state index contributed by atoms with van der Waals surface area (Å²) in [4.78, 5) is 14.7. The Labute approximate surface area is 135 Å². The number of rotatable bonds is 3. The highest BCUT2D eigenvalue weighted by atomic mass is 35.5. The number of methoxy groups -OCH3 is 1.